The fourth-order valence-corrected chi connectivity index (χ4v) is 1.50. The Bertz CT molecular complexity index is 551. The molecule has 2 rings (SSSR count). The van der Waals surface area contributed by atoms with E-state index in [1.165, 1.54) is 12.1 Å². The van der Waals surface area contributed by atoms with Crippen LogP contribution >= 0.6 is 0 Å². The monoisotopic (exact) mass is 263 g/mol. The molecule has 1 heterocycles. The molecular weight excluding hydrogens is 249 g/mol. The van der Waals surface area contributed by atoms with Crippen molar-refractivity contribution in [2.45, 2.75) is 19.8 Å². The smallest absolute Gasteiger partial charge is 0.247 e. The highest BCUT2D eigenvalue weighted by molar-refractivity contribution is 5.75. The number of hydrogen-bond donors (Lipinski definition) is 1. The zero-order valence-electron chi connectivity index (χ0n) is 10.5. The molecule has 1 amide bonds. The maximum Gasteiger partial charge on any atom is 0.247 e. The second-order valence-electron chi connectivity index (χ2n) is 3.96. The van der Waals surface area contributed by atoms with Gasteiger partial charge in [0.2, 0.25) is 17.7 Å². The molecule has 0 radical (unpaired) electrons. The highest BCUT2D eigenvalue weighted by Crippen LogP contribution is 2.17. The third kappa shape index (κ3) is 3.61. The molecule has 0 aliphatic carbocycles. The SMILES string of the molecule is CCC(=O)NCCc1nnc(-c2ccc(F)cc2)o1. The Morgan fingerprint density at radius 2 is 2.05 bits per heavy atom. The molecule has 5 nitrogen and oxygen atoms in total. The van der Waals surface area contributed by atoms with Crippen molar-refractivity contribution in [3.63, 3.8) is 0 Å². The van der Waals surface area contributed by atoms with Crippen LogP contribution in [0.25, 0.3) is 11.5 Å². The standard InChI is InChI=1S/C13H14FN3O2/c1-2-11(18)15-8-7-12-16-17-13(19-12)9-3-5-10(14)6-4-9/h3-6H,2,7-8H2,1H3,(H,15,18). The van der Waals surface area contributed by atoms with E-state index < -0.39 is 0 Å². The number of rotatable bonds is 5. The van der Waals surface area contributed by atoms with E-state index in [4.69, 9.17) is 4.42 Å². The molecule has 0 spiro atoms. The van der Waals surface area contributed by atoms with E-state index in [1.807, 2.05) is 0 Å². The topological polar surface area (TPSA) is 68.0 Å². The fraction of sp³-hybridized carbons (Fsp3) is 0.308. The minimum absolute atomic E-state index is 0.0155. The van der Waals surface area contributed by atoms with E-state index in [1.54, 1.807) is 19.1 Å². The van der Waals surface area contributed by atoms with Gasteiger partial charge >= 0.3 is 0 Å². The van der Waals surface area contributed by atoms with Gasteiger partial charge in [-0.15, -0.1) is 10.2 Å². The third-order valence-electron chi connectivity index (χ3n) is 2.54. The van der Waals surface area contributed by atoms with Gasteiger partial charge in [-0.3, -0.25) is 4.79 Å². The van der Waals surface area contributed by atoms with Crippen LogP contribution < -0.4 is 5.32 Å². The summed E-state index contributed by atoms with van der Waals surface area (Å²) in [5.41, 5.74) is 0.665. The van der Waals surface area contributed by atoms with Crippen molar-refractivity contribution in [3.05, 3.63) is 36.0 Å². The molecule has 100 valence electrons. The molecule has 0 unspecified atom stereocenters. The lowest BCUT2D eigenvalue weighted by Gasteiger charge is -1.99. The lowest BCUT2D eigenvalue weighted by molar-refractivity contribution is -0.120. The summed E-state index contributed by atoms with van der Waals surface area (Å²) in [7, 11) is 0. The van der Waals surface area contributed by atoms with E-state index in [0.29, 0.717) is 36.7 Å². The minimum Gasteiger partial charge on any atom is -0.421 e. The van der Waals surface area contributed by atoms with Gasteiger partial charge in [0.25, 0.3) is 0 Å². The molecule has 0 saturated heterocycles. The first-order valence-electron chi connectivity index (χ1n) is 6.04. The third-order valence-corrected chi connectivity index (χ3v) is 2.54. The first kappa shape index (κ1) is 13.2. The Hall–Kier alpha value is -2.24. The van der Waals surface area contributed by atoms with Gasteiger partial charge in [-0.25, -0.2) is 4.39 Å². The van der Waals surface area contributed by atoms with Gasteiger partial charge in [0.1, 0.15) is 5.82 Å². The normalized spacial score (nSPS) is 10.4. The second-order valence-corrected chi connectivity index (χ2v) is 3.96. The first-order valence-corrected chi connectivity index (χ1v) is 6.04. The van der Waals surface area contributed by atoms with Crippen LogP contribution in [0.3, 0.4) is 0 Å². The summed E-state index contributed by atoms with van der Waals surface area (Å²) in [5, 5.41) is 10.5. The van der Waals surface area contributed by atoms with E-state index in [2.05, 4.69) is 15.5 Å². The van der Waals surface area contributed by atoms with Crippen LogP contribution in [0, 0.1) is 5.82 Å². The maximum absolute atomic E-state index is 12.8. The Balaban J connectivity index is 1.95. The lowest BCUT2D eigenvalue weighted by Crippen LogP contribution is -2.24. The number of amides is 1. The van der Waals surface area contributed by atoms with E-state index in [9.17, 15) is 9.18 Å². The Morgan fingerprint density at radius 3 is 2.74 bits per heavy atom. The molecule has 0 aliphatic heterocycles. The van der Waals surface area contributed by atoms with Crippen LogP contribution in [-0.2, 0) is 11.2 Å². The molecule has 0 atom stereocenters. The average Bonchev–Trinajstić information content (AvgIpc) is 2.88. The Labute approximate surface area is 109 Å². The van der Waals surface area contributed by atoms with E-state index in [-0.39, 0.29) is 11.7 Å². The van der Waals surface area contributed by atoms with E-state index in [0.717, 1.165) is 0 Å². The second kappa shape index (κ2) is 6.08. The number of nitrogens with one attached hydrogen (secondary N) is 1. The van der Waals surface area contributed by atoms with Gasteiger partial charge < -0.3 is 9.73 Å². The number of carbonyl (C=O) groups excluding carboxylic acids is 1. The molecule has 0 saturated carbocycles. The van der Waals surface area contributed by atoms with Gasteiger partial charge in [0, 0.05) is 24.9 Å². The van der Waals surface area contributed by atoms with Crippen LogP contribution in [0.5, 0.6) is 0 Å². The van der Waals surface area contributed by atoms with Crippen molar-refractivity contribution in [1.82, 2.24) is 15.5 Å². The number of carbonyl (C=O) groups is 1. The molecule has 1 N–H and O–H groups in total. The van der Waals surface area contributed by atoms with Crippen molar-refractivity contribution < 1.29 is 13.6 Å². The first-order chi connectivity index (χ1) is 9.19. The molecule has 0 bridgehead atoms. The largest absolute Gasteiger partial charge is 0.421 e. The molecule has 1 aromatic carbocycles. The summed E-state index contributed by atoms with van der Waals surface area (Å²) in [4.78, 5) is 11.0. The van der Waals surface area contributed by atoms with Crippen LogP contribution in [0.2, 0.25) is 0 Å². The Kier molecular flexibility index (Phi) is 4.22. The average molecular weight is 263 g/mol. The molecule has 19 heavy (non-hydrogen) atoms. The molecule has 6 heteroatoms. The maximum atomic E-state index is 12.8. The quantitative estimate of drug-likeness (QED) is 0.895. The lowest BCUT2D eigenvalue weighted by atomic mass is 10.2. The Morgan fingerprint density at radius 1 is 1.32 bits per heavy atom. The summed E-state index contributed by atoms with van der Waals surface area (Å²) >= 11 is 0. The summed E-state index contributed by atoms with van der Waals surface area (Å²) in [5.74, 6) is 0.455. The fourth-order valence-electron chi connectivity index (χ4n) is 1.50. The van der Waals surface area contributed by atoms with Gasteiger partial charge in [0.15, 0.2) is 0 Å². The number of aromatic nitrogens is 2. The summed E-state index contributed by atoms with van der Waals surface area (Å²) < 4.78 is 18.2. The highest BCUT2D eigenvalue weighted by Gasteiger charge is 2.08. The van der Waals surface area contributed by atoms with Crippen LogP contribution in [-0.4, -0.2) is 22.6 Å². The predicted molar refractivity (Wildman–Crippen MR) is 66.7 cm³/mol. The number of halogens is 1. The zero-order chi connectivity index (χ0) is 13.7. The predicted octanol–water partition coefficient (Wildman–Crippen LogP) is 1.94. The zero-order valence-corrected chi connectivity index (χ0v) is 10.5. The number of benzene rings is 1. The number of hydrogen-bond acceptors (Lipinski definition) is 4. The number of nitrogens with zero attached hydrogens (tertiary/aromatic N) is 2. The minimum atomic E-state index is -0.314. The molecule has 0 fully saturated rings. The molecular formula is C13H14FN3O2. The summed E-state index contributed by atoms with van der Waals surface area (Å²) in [6, 6.07) is 5.82. The molecule has 1 aromatic heterocycles. The van der Waals surface area contributed by atoms with Crippen molar-refractivity contribution in [2.24, 2.45) is 0 Å². The molecule has 2 aromatic rings. The van der Waals surface area contributed by atoms with Crippen LogP contribution in [0.4, 0.5) is 4.39 Å². The van der Waals surface area contributed by atoms with Gasteiger partial charge in [-0.1, -0.05) is 6.92 Å². The molecule has 0 aliphatic rings. The van der Waals surface area contributed by atoms with Gasteiger partial charge in [-0.05, 0) is 24.3 Å². The van der Waals surface area contributed by atoms with E-state index >= 15 is 0 Å². The van der Waals surface area contributed by atoms with Gasteiger partial charge in [0.05, 0.1) is 0 Å². The van der Waals surface area contributed by atoms with Crippen molar-refractivity contribution in [2.75, 3.05) is 6.54 Å². The summed E-state index contributed by atoms with van der Waals surface area (Å²) in [6.07, 6.45) is 0.921. The van der Waals surface area contributed by atoms with Crippen molar-refractivity contribution in [1.29, 1.82) is 0 Å². The van der Waals surface area contributed by atoms with Crippen molar-refractivity contribution >= 4 is 5.91 Å². The van der Waals surface area contributed by atoms with Crippen LogP contribution in [0.1, 0.15) is 19.2 Å². The summed E-state index contributed by atoms with van der Waals surface area (Å²) in [6.45, 7) is 2.24. The van der Waals surface area contributed by atoms with Gasteiger partial charge in [-0.2, -0.15) is 0 Å². The highest BCUT2D eigenvalue weighted by atomic mass is 19.1. The van der Waals surface area contributed by atoms with Crippen LogP contribution in [0.15, 0.2) is 28.7 Å². The van der Waals surface area contributed by atoms with Crippen molar-refractivity contribution in [3.8, 4) is 11.5 Å².